The van der Waals surface area contributed by atoms with E-state index >= 15 is 0 Å². The Hall–Kier alpha value is -3.20. The summed E-state index contributed by atoms with van der Waals surface area (Å²) in [7, 11) is -2.05. The third-order valence-corrected chi connectivity index (χ3v) is 5.92. The quantitative estimate of drug-likeness (QED) is 0.391. The molecule has 158 valence electrons. The zero-order chi connectivity index (χ0) is 21.7. The molecular formula is C21H22N2O6S. The molecule has 1 N–H and O–H groups in total. The van der Waals surface area contributed by atoms with Crippen molar-refractivity contribution < 1.29 is 27.5 Å². The molecule has 30 heavy (non-hydrogen) atoms. The van der Waals surface area contributed by atoms with Gasteiger partial charge in [-0.1, -0.05) is 12.1 Å². The first kappa shape index (κ1) is 21.5. The lowest BCUT2D eigenvalue weighted by atomic mass is 10.1. The van der Waals surface area contributed by atoms with E-state index in [0.717, 1.165) is 0 Å². The average molecular weight is 430 g/mol. The number of carbonyl (C=O) groups excluding carboxylic acids is 2. The Bertz CT molecular complexity index is 1080. The predicted octanol–water partition coefficient (Wildman–Crippen LogP) is 2.33. The van der Waals surface area contributed by atoms with Crippen molar-refractivity contribution >= 4 is 27.6 Å². The largest absolute Gasteiger partial charge is 0.497 e. The Morgan fingerprint density at radius 3 is 2.50 bits per heavy atom. The van der Waals surface area contributed by atoms with Gasteiger partial charge in [-0.25, -0.2) is 8.42 Å². The number of nitrogens with zero attached hydrogens (tertiary/aromatic N) is 1. The van der Waals surface area contributed by atoms with Crippen LogP contribution in [0, 0.1) is 0 Å². The number of benzene rings is 2. The number of carbonyl (C=O) groups is 2. The summed E-state index contributed by atoms with van der Waals surface area (Å²) >= 11 is 0. The molecule has 0 amide bonds. The summed E-state index contributed by atoms with van der Waals surface area (Å²) < 4.78 is 36.7. The van der Waals surface area contributed by atoms with Gasteiger partial charge in [0.1, 0.15) is 11.6 Å². The average Bonchev–Trinajstić information content (AvgIpc) is 3.01. The normalized spacial score (nSPS) is 16.4. The van der Waals surface area contributed by atoms with E-state index in [9.17, 15) is 18.0 Å². The van der Waals surface area contributed by atoms with Crippen LogP contribution in [0.2, 0.25) is 0 Å². The lowest BCUT2D eigenvalue weighted by Gasteiger charge is -2.12. The van der Waals surface area contributed by atoms with Gasteiger partial charge in [0.15, 0.2) is 6.10 Å². The SMILES string of the molecule is COc1ccc(C(=O)C(C)OC(=O)CCCN=C2NS(=O)(=O)c3ccccc32)cc1. The van der Waals surface area contributed by atoms with Gasteiger partial charge in [-0.3, -0.25) is 19.3 Å². The van der Waals surface area contributed by atoms with Gasteiger partial charge in [0.05, 0.1) is 12.0 Å². The highest BCUT2D eigenvalue weighted by atomic mass is 32.2. The molecule has 0 radical (unpaired) electrons. The number of rotatable bonds is 8. The number of sulfonamides is 1. The second kappa shape index (κ2) is 9.08. The first-order chi connectivity index (χ1) is 14.3. The topological polar surface area (TPSA) is 111 Å². The van der Waals surface area contributed by atoms with Crippen LogP contribution >= 0.6 is 0 Å². The Kier molecular flexibility index (Phi) is 6.51. The molecule has 1 aliphatic rings. The van der Waals surface area contributed by atoms with Crippen LogP contribution in [-0.4, -0.2) is 45.8 Å². The van der Waals surface area contributed by atoms with Gasteiger partial charge in [-0.05, 0) is 49.7 Å². The summed E-state index contributed by atoms with van der Waals surface area (Å²) in [6, 6.07) is 13.1. The number of fused-ring (bicyclic) bond motifs is 1. The number of ether oxygens (including phenoxy) is 2. The van der Waals surface area contributed by atoms with E-state index in [4.69, 9.17) is 9.47 Å². The molecule has 0 aromatic heterocycles. The number of methoxy groups -OCH3 is 1. The fourth-order valence-corrected chi connectivity index (χ4v) is 4.22. The van der Waals surface area contributed by atoms with Gasteiger partial charge in [-0.2, -0.15) is 0 Å². The van der Waals surface area contributed by atoms with Crippen LogP contribution in [-0.2, 0) is 19.6 Å². The maximum absolute atomic E-state index is 12.4. The van der Waals surface area contributed by atoms with Gasteiger partial charge in [0.2, 0.25) is 5.78 Å². The number of ketones is 1. The zero-order valence-corrected chi connectivity index (χ0v) is 17.4. The number of amidine groups is 1. The van der Waals surface area contributed by atoms with Gasteiger partial charge in [-0.15, -0.1) is 0 Å². The summed E-state index contributed by atoms with van der Waals surface area (Å²) in [6.07, 6.45) is -0.494. The Morgan fingerprint density at radius 1 is 1.10 bits per heavy atom. The summed E-state index contributed by atoms with van der Waals surface area (Å²) in [5.74, 6) is 0.0761. The summed E-state index contributed by atoms with van der Waals surface area (Å²) in [6.45, 7) is 1.76. The third kappa shape index (κ3) is 4.85. The molecule has 2 aromatic rings. The lowest BCUT2D eigenvalue weighted by molar-refractivity contribution is -0.146. The highest BCUT2D eigenvalue weighted by molar-refractivity contribution is 7.90. The molecule has 0 saturated heterocycles. The van der Waals surface area contributed by atoms with E-state index in [1.54, 1.807) is 42.5 Å². The van der Waals surface area contributed by atoms with Crippen LogP contribution in [0.5, 0.6) is 5.75 Å². The summed E-state index contributed by atoms with van der Waals surface area (Å²) in [5, 5.41) is 0. The van der Waals surface area contributed by atoms with Crippen LogP contribution in [0.4, 0.5) is 0 Å². The maximum Gasteiger partial charge on any atom is 0.306 e. The minimum atomic E-state index is -3.58. The van der Waals surface area contributed by atoms with Gasteiger partial charge < -0.3 is 9.47 Å². The molecule has 0 aliphatic carbocycles. The first-order valence-electron chi connectivity index (χ1n) is 9.36. The predicted molar refractivity (Wildman–Crippen MR) is 110 cm³/mol. The molecule has 0 spiro atoms. The minimum Gasteiger partial charge on any atom is -0.497 e. The summed E-state index contributed by atoms with van der Waals surface area (Å²) in [4.78, 5) is 28.8. The van der Waals surface area contributed by atoms with Crippen LogP contribution < -0.4 is 9.46 Å². The van der Waals surface area contributed by atoms with E-state index in [2.05, 4.69) is 9.71 Å². The number of aliphatic imine (C=N–C) groups is 1. The lowest BCUT2D eigenvalue weighted by Crippen LogP contribution is -2.24. The van der Waals surface area contributed by atoms with Crippen LogP contribution in [0.1, 0.15) is 35.7 Å². The Labute approximate surface area is 175 Å². The van der Waals surface area contributed by atoms with Gasteiger partial charge >= 0.3 is 5.97 Å². The number of hydrogen-bond acceptors (Lipinski definition) is 7. The van der Waals surface area contributed by atoms with Crippen LogP contribution in [0.3, 0.4) is 0 Å². The van der Waals surface area contributed by atoms with Crippen molar-refractivity contribution in [3.05, 3.63) is 59.7 Å². The maximum atomic E-state index is 12.4. The second-order valence-corrected chi connectivity index (χ2v) is 8.31. The molecule has 1 heterocycles. The van der Waals surface area contributed by atoms with Crippen molar-refractivity contribution in [1.82, 2.24) is 4.72 Å². The van der Waals surface area contributed by atoms with Gasteiger partial charge in [0, 0.05) is 24.1 Å². The molecular weight excluding hydrogens is 408 g/mol. The molecule has 1 aliphatic heterocycles. The highest BCUT2D eigenvalue weighted by Crippen LogP contribution is 2.22. The van der Waals surface area contributed by atoms with Gasteiger partial charge in [0.25, 0.3) is 10.0 Å². The molecule has 3 rings (SSSR count). The fourth-order valence-electron chi connectivity index (χ4n) is 2.97. The Morgan fingerprint density at radius 2 is 1.80 bits per heavy atom. The van der Waals surface area contributed by atoms with E-state index < -0.39 is 22.1 Å². The number of esters is 1. The molecule has 9 heteroatoms. The molecule has 8 nitrogen and oxygen atoms in total. The smallest absolute Gasteiger partial charge is 0.306 e. The Balaban J connectivity index is 1.49. The second-order valence-electron chi connectivity index (χ2n) is 6.66. The third-order valence-electron chi connectivity index (χ3n) is 4.52. The van der Waals surface area contributed by atoms with Crippen molar-refractivity contribution in [2.45, 2.75) is 30.8 Å². The van der Waals surface area contributed by atoms with Crippen molar-refractivity contribution in [3.63, 3.8) is 0 Å². The van der Waals surface area contributed by atoms with Crippen molar-refractivity contribution in [3.8, 4) is 5.75 Å². The van der Waals surface area contributed by atoms with E-state index in [1.807, 2.05) is 0 Å². The standard InChI is InChI=1S/C21H22N2O6S/c1-14(20(25)15-9-11-16(28-2)12-10-15)29-19(24)8-5-13-22-21-17-6-3-4-7-18(17)30(26,27)23-21/h3-4,6-7,9-12,14H,5,8,13H2,1-2H3,(H,22,23). The molecule has 0 fully saturated rings. The van der Waals surface area contributed by atoms with E-state index in [-0.39, 0.29) is 29.5 Å². The van der Waals surface area contributed by atoms with Crippen molar-refractivity contribution in [2.75, 3.05) is 13.7 Å². The minimum absolute atomic E-state index is 0.0609. The first-order valence-corrected chi connectivity index (χ1v) is 10.8. The monoisotopic (exact) mass is 430 g/mol. The van der Waals surface area contributed by atoms with E-state index in [1.165, 1.54) is 20.1 Å². The number of nitrogens with one attached hydrogen (secondary N) is 1. The van der Waals surface area contributed by atoms with Crippen molar-refractivity contribution in [2.24, 2.45) is 4.99 Å². The number of Topliss-reactive ketones (excluding diaryl/α,β-unsaturated/α-hetero) is 1. The highest BCUT2D eigenvalue weighted by Gasteiger charge is 2.29. The molecule has 0 bridgehead atoms. The molecule has 2 aromatic carbocycles. The van der Waals surface area contributed by atoms with Crippen LogP contribution in [0.25, 0.3) is 0 Å². The zero-order valence-electron chi connectivity index (χ0n) is 16.6. The fraction of sp³-hybridized carbons (Fsp3) is 0.286. The van der Waals surface area contributed by atoms with E-state index in [0.29, 0.717) is 23.3 Å². The van der Waals surface area contributed by atoms with Crippen molar-refractivity contribution in [1.29, 1.82) is 0 Å². The molecule has 1 atom stereocenters. The number of hydrogen-bond donors (Lipinski definition) is 1. The molecule has 0 saturated carbocycles. The molecule has 1 unspecified atom stereocenters. The summed E-state index contributed by atoms with van der Waals surface area (Å²) in [5.41, 5.74) is 0.938. The van der Waals surface area contributed by atoms with Crippen LogP contribution in [0.15, 0.2) is 58.4 Å².